The number of carbonyl (C=O) groups is 1. The fourth-order valence-electron chi connectivity index (χ4n) is 4.26. The molecule has 0 unspecified atom stereocenters. The number of urea groups is 1. The molecule has 0 atom stereocenters. The van der Waals surface area contributed by atoms with E-state index in [0.29, 0.717) is 17.2 Å². The molecule has 184 valence electrons. The molecule has 3 aromatic rings. The van der Waals surface area contributed by atoms with Crippen molar-refractivity contribution in [3.8, 4) is 17.2 Å². The van der Waals surface area contributed by atoms with Gasteiger partial charge in [0.2, 0.25) is 6.79 Å². The maximum atomic E-state index is 14.1. The van der Waals surface area contributed by atoms with Crippen molar-refractivity contribution in [1.29, 1.82) is 0 Å². The number of carbonyl (C=O) groups excluding carboxylic acids is 1. The van der Waals surface area contributed by atoms with Crippen molar-refractivity contribution in [1.82, 2.24) is 10.4 Å². The molecule has 7 nitrogen and oxygen atoms in total. The summed E-state index contributed by atoms with van der Waals surface area (Å²) in [4.78, 5) is 13.1. The first-order chi connectivity index (χ1) is 17.2. The molecule has 0 saturated heterocycles. The zero-order valence-corrected chi connectivity index (χ0v) is 18.4. The second-order valence-electron chi connectivity index (χ2n) is 8.32. The Morgan fingerprint density at radius 2 is 1.64 bits per heavy atom. The highest BCUT2D eigenvalue weighted by atomic mass is 19.3. The lowest BCUT2D eigenvalue weighted by Gasteiger charge is -2.19. The Morgan fingerprint density at radius 3 is 2.44 bits per heavy atom. The fraction of sp³-hybridized carbons (Fsp3) is 0.160. The Kier molecular flexibility index (Phi) is 4.79. The van der Waals surface area contributed by atoms with Crippen molar-refractivity contribution in [2.45, 2.75) is 12.0 Å². The van der Waals surface area contributed by atoms with Crippen LogP contribution in [0.3, 0.4) is 0 Å². The monoisotopic (exact) mass is 499 g/mol. The molecule has 0 saturated carbocycles. The molecule has 2 amide bonds. The number of fused-ring (bicyclic) bond motifs is 2. The van der Waals surface area contributed by atoms with Crippen LogP contribution in [0.1, 0.15) is 16.7 Å². The topological polar surface area (TPSA) is 72.1 Å². The van der Waals surface area contributed by atoms with Crippen molar-refractivity contribution in [2.24, 2.45) is 0 Å². The summed E-state index contributed by atoms with van der Waals surface area (Å²) in [6, 6.07) is 17.1. The van der Waals surface area contributed by atoms with Crippen LogP contribution >= 0.6 is 0 Å². The van der Waals surface area contributed by atoms with E-state index in [4.69, 9.17) is 9.47 Å². The van der Waals surface area contributed by atoms with Crippen LogP contribution in [-0.2, 0) is 5.92 Å². The molecule has 6 rings (SSSR count). The molecule has 3 aliphatic rings. The first-order valence-electron chi connectivity index (χ1n) is 10.9. The number of anilines is 1. The van der Waals surface area contributed by atoms with E-state index in [2.05, 4.69) is 15.5 Å². The molecule has 0 bridgehead atoms. The van der Waals surface area contributed by atoms with Crippen LogP contribution in [0, 0.1) is 0 Å². The number of amides is 2. The number of ether oxygens (including phenoxy) is 3. The Balaban J connectivity index is 1.27. The Labute approximate surface area is 201 Å². The predicted octanol–water partition coefficient (Wildman–Crippen LogP) is 5.41. The zero-order valence-electron chi connectivity index (χ0n) is 18.4. The molecular formula is C25H17F4N3O4. The first kappa shape index (κ1) is 22.1. The van der Waals surface area contributed by atoms with Gasteiger partial charge in [-0.15, -0.1) is 0 Å². The standard InChI is InChI=1S/C25H17F4N3O4/c26-24(27)18-11-16(7-9-19(18)36-25(24,28)29)30-23(33)32-12-17(22(31-32)14-4-2-1-3-5-14)15-6-8-20-21(10-15)35-13-34-20/h1-11,31H,12-13H2,(H,30,33). The lowest BCUT2D eigenvalue weighted by molar-refractivity contribution is -0.296. The van der Waals surface area contributed by atoms with Crippen molar-refractivity contribution >= 4 is 23.0 Å². The number of alkyl halides is 4. The van der Waals surface area contributed by atoms with Crippen molar-refractivity contribution in [3.05, 3.63) is 83.4 Å². The van der Waals surface area contributed by atoms with E-state index in [1.165, 1.54) is 11.1 Å². The largest absolute Gasteiger partial charge is 0.469 e. The molecule has 2 N–H and O–H groups in total. The van der Waals surface area contributed by atoms with Crippen LogP contribution in [0.15, 0.2) is 66.7 Å². The molecule has 3 aromatic carbocycles. The summed E-state index contributed by atoms with van der Waals surface area (Å²) in [5.41, 5.74) is 5.03. The maximum absolute atomic E-state index is 14.1. The highest BCUT2D eigenvalue weighted by Gasteiger charge is 2.66. The average Bonchev–Trinajstić information content (AvgIpc) is 3.55. The number of rotatable bonds is 3. The smallest absolute Gasteiger partial charge is 0.454 e. The zero-order chi connectivity index (χ0) is 25.1. The summed E-state index contributed by atoms with van der Waals surface area (Å²) in [5.74, 6) is -3.97. The van der Waals surface area contributed by atoms with Crippen molar-refractivity contribution in [3.63, 3.8) is 0 Å². The summed E-state index contributed by atoms with van der Waals surface area (Å²) < 4.78 is 70.2. The molecule has 3 aliphatic heterocycles. The first-order valence-corrected chi connectivity index (χ1v) is 10.9. The van der Waals surface area contributed by atoms with Gasteiger partial charge >= 0.3 is 18.1 Å². The maximum Gasteiger partial charge on any atom is 0.469 e. The van der Waals surface area contributed by atoms with E-state index in [9.17, 15) is 22.4 Å². The van der Waals surface area contributed by atoms with E-state index < -0.39 is 29.4 Å². The lowest BCUT2D eigenvalue weighted by atomic mass is 10.0. The van der Waals surface area contributed by atoms with Crippen LogP contribution in [0.5, 0.6) is 17.2 Å². The number of hydrogen-bond acceptors (Lipinski definition) is 5. The van der Waals surface area contributed by atoms with Gasteiger partial charge in [0, 0.05) is 11.3 Å². The van der Waals surface area contributed by atoms with Crippen molar-refractivity contribution in [2.75, 3.05) is 18.7 Å². The molecule has 0 aliphatic carbocycles. The van der Waals surface area contributed by atoms with Gasteiger partial charge < -0.3 is 19.5 Å². The third-order valence-corrected chi connectivity index (χ3v) is 6.07. The number of hydrogen-bond donors (Lipinski definition) is 2. The molecule has 36 heavy (non-hydrogen) atoms. The lowest BCUT2D eigenvalue weighted by Crippen LogP contribution is -2.40. The highest BCUT2D eigenvalue weighted by molar-refractivity contribution is 5.98. The van der Waals surface area contributed by atoms with Gasteiger partial charge in [-0.2, -0.15) is 17.6 Å². The van der Waals surface area contributed by atoms with Gasteiger partial charge in [-0.05, 0) is 41.5 Å². The van der Waals surface area contributed by atoms with E-state index in [1.54, 1.807) is 6.07 Å². The molecule has 0 fully saturated rings. The highest BCUT2D eigenvalue weighted by Crippen LogP contribution is 2.53. The molecule has 0 spiro atoms. The third-order valence-electron chi connectivity index (χ3n) is 6.07. The normalized spacial score (nSPS) is 18.5. The number of nitrogens with zero attached hydrogens (tertiary/aromatic N) is 1. The van der Waals surface area contributed by atoms with Crippen LogP contribution in [0.25, 0.3) is 11.3 Å². The van der Waals surface area contributed by atoms with Gasteiger partial charge in [-0.25, -0.2) is 9.80 Å². The minimum absolute atomic E-state index is 0.0840. The Hall–Kier alpha value is -4.41. The Bertz CT molecular complexity index is 1410. The number of hydrazine groups is 1. The average molecular weight is 499 g/mol. The van der Waals surface area contributed by atoms with E-state index in [1.807, 2.05) is 42.5 Å². The predicted molar refractivity (Wildman–Crippen MR) is 121 cm³/mol. The summed E-state index contributed by atoms with van der Waals surface area (Å²) in [6.45, 7) is 0.241. The van der Waals surface area contributed by atoms with Crippen LogP contribution in [-0.4, -0.2) is 30.5 Å². The van der Waals surface area contributed by atoms with Crippen molar-refractivity contribution < 1.29 is 36.6 Å². The second-order valence-corrected chi connectivity index (χ2v) is 8.32. The molecule has 11 heteroatoms. The Morgan fingerprint density at radius 1 is 0.889 bits per heavy atom. The van der Waals surface area contributed by atoms with Crippen LogP contribution < -0.4 is 25.0 Å². The number of nitrogens with one attached hydrogen (secondary N) is 2. The third kappa shape index (κ3) is 3.46. The quantitative estimate of drug-likeness (QED) is 0.472. The van der Waals surface area contributed by atoms with E-state index in [0.717, 1.165) is 28.8 Å². The van der Waals surface area contributed by atoms with Gasteiger partial charge in [0.1, 0.15) is 5.75 Å². The number of halogens is 4. The van der Waals surface area contributed by atoms with E-state index in [-0.39, 0.29) is 19.0 Å². The number of benzene rings is 3. The van der Waals surface area contributed by atoms with Gasteiger partial charge in [0.15, 0.2) is 11.5 Å². The van der Waals surface area contributed by atoms with Crippen LogP contribution in [0.2, 0.25) is 0 Å². The van der Waals surface area contributed by atoms with Gasteiger partial charge in [0.25, 0.3) is 0 Å². The molecule has 0 radical (unpaired) electrons. The summed E-state index contributed by atoms with van der Waals surface area (Å²) in [7, 11) is 0. The molecular weight excluding hydrogens is 482 g/mol. The molecule has 0 aromatic heterocycles. The summed E-state index contributed by atoms with van der Waals surface area (Å²) in [6.07, 6.45) is -4.66. The summed E-state index contributed by atoms with van der Waals surface area (Å²) >= 11 is 0. The van der Waals surface area contributed by atoms with Gasteiger partial charge in [-0.3, -0.25) is 5.43 Å². The summed E-state index contributed by atoms with van der Waals surface area (Å²) in [5, 5.41) is 3.75. The van der Waals surface area contributed by atoms with Gasteiger partial charge in [0.05, 0.1) is 17.8 Å². The minimum Gasteiger partial charge on any atom is -0.454 e. The minimum atomic E-state index is -4.66. The molecule has 3 heterocycles. The van der Waals surface area contributed by atoms with Crippen LogP contribution in [0.4, 0.5) is 28.0 Å². The van der Waals surface area contributed by atoms with E-state index >= 15 is 0 Å². The fourth-order valence-corrected chi connectivity index (χ4v) is 4.26. The van der Waals surface area contributed by atoms with Gasteiger partial charge in [-0.1, -0.05) is 36.4 Å². The SMILES string of the molecule is O=C(Nc1ccc2c(c1)C(F)(F)C(F)(F)O2)N1CC(c2ccc3c(c2)OCO3)=C(c2ccccc2)N1. The second kappa shape index (κ2) is 7.80.